The Morgan fingerprint density at radius 3 is 1.25 bits per heavy atom. The van der Waals surface area contributed by atoms with Gasteiger partial charge in [0.15, 0.2) is 0 Å². The second-order valence-corrected chi connectivity index (χ2v) is 0. The van der Waals surface area contributed by atoms with E-state index in [1.54, 1.807) is 0 Å². The van der Waals surface area contributed by atoms with E-state index in [1.807, 2.05) is 0 Å². The summed E-state index contributed by atoms with van der Waals surface area (Å²) >= 11 is 0.300. The molecule has 0 atom stereocenters. The normalized spacial score (nSPS) is 0.750. The van der Waals surface area contributed by atoms with Gasteiger partial charge in [0, 0.05) is 19.5 Å². The molecule has 0 amide bonds. The third-order valence-electron chi connectivity index (χ3n) is 0. The minimum absolute atomic E-state index is 0. The molecule has 0 rings (SSSR count). The second-order valence-electron chi connectivity index (χ2n) is 0. The van der Waals surface area contributed by atoms with Crippen molar-refractivity contribution >= 4 is 23.9 Å². The van der Waals surface area contributed by atoms with E-state index in [0.29, 0.717) is 24.7 Å². The van der Waals surface area contributed by atoms with E-state index in [4.69, 9.17) is 2.81 Å². The molecule has 18 valence electrons. The molecular weight excluding hydrogens is 291 g/mol. The monoisotopic (exact) mass is 292 g/mol. The summed E-state index contributed by atoms with van der Waals surface area (Å²) in [5, 5.41) is 0. The van der Waals surface area contributed by atoms with Gasteiger partial charge in [0.05, 0.1) is 0 Å². The van der Waals surface area contributed by atoms with E-state index < -0.39 is 0 Å². The van der Waals surface area contributed by atoms with Crippen molar-refractivity contribution in [2.24, 2.45) is 0 Å². The van der Waals surface area contributed by atoms with Gasteiger partial charge in [-0.15, -0.1) is 0 Å². The third-order valence-corrected chi connectivity index (χ3v) is 0. The van der Waals surface area contributed by atoms with Crippen LogP contribution in [-0.4, -0.2) is 23.9 Å². The fourth-order valence-corrected chi connectivity index (χ4v) is 0. The van der Waals surface area contributed by atoms with Gasteiger partial charge in [-0.3, -0.25) is 0 Å². The van der Waals surface area contributed by atoms with Crippen LogP contribution < -0.4 is 0 Å². The molecule has 0 aromatic carbocycles. The summed E-state index contributed by atoms with van der Waals surface area (Å²) in [6.45, 7) is 0. The summed E-state index contributed by atoms with van der Waals surface area (Å²) < 4.78 is 8.34. The summed E-state index contributed by atoms with van der Waals surface area (Å²) in [5.74, 6) is 0. The van der Waals surface area contributed by atoms with Gasteiger partial charge in [-0.25, -0.2) is 0 Å². The average Bonchev–Trinajstić information content (AvgIpc) is 1.00. The topological polar surface area (TPSA) is 17.1 Å². The zero-order valence-electron chi connectivity index (χ0n) is 2.32. The van der Waals surface area contributed by atoms with Crippen LogP contribution in [0.1, 0.15) is 0 Å². The van der Waals surface area contributed by atoms with E-state index in [0.717, 1.165) is 0 Å². The molecule has 0 fully saturated rings. The molecule has 2 radical (unpaired) electrons. The second kappa shape index (κ2) is 19.4. The summed E-state index contributed by atoms with van der Waals surface area (Å²) in [4.78, 5) is 0. The van der Waals surface area contributed by atoms with Crippen molar-refractivity contribution in [2.75, 3.05) is 0 Å². The molecule has 0 aromatic heterocycles. The van der Waals surface area contributed by atoms with E-state index >= 15 is 0 Å². The van der Waals surface area contributed by atoms with Crippen LogP contribution in [0.5, 0.6) is 0 Å². The summed E-state index contributed by atoms with van der Waals surface area (Å²) in [6, 6.07) is 0. The van der Waals surface area contributed by atoms with Crippen molar-refractivity contribution < 1.29 is 47.0 Å². The van der Waals surface area contributed by atoms with Crippen molar-refractivity contribution in [2.45, 2.75) is 0 Å². The maximum atomic E-state index is 8.34. The maximum absolute atomic E-state index is 8.34. The van der Waals surface area contributed by atoms with Crippen molar-refractivity contribution in [3.63, 3.8) is 0 Å². The molecule has 0 spiro atoms. The Morgan fingerprint density at radius 2 is 1.25 bits per heavy atom. The Hall–Kier alpha value is 2.11. The van der Waals surface area contributed by atoms with Crippen LogP contribution in [-0.2, 0) is 47.0 Å². The fraction of sp³-hybridized carbons (Fsp3) is 0. The molecule has 0 saturated heterocycles. The van der Waals surface area contributed by atoms with Gasteiger partial charge in [-0.2, -0.15) is 0 Å². The summed E-state index contributed by atoms with van der Waals surface area (Å²) in [7, 11) is 0. The molecule has 0 unspecified atom stereocenters. The van der Waals surface area contributed by atoms with Crippen molar-refractivity contribution in [1.29, 1.82) is 0 Å². The number of hydrogen-bond donors (Lipinski definition) is 0. The Kier molecular flexibility index (Phi) is 80.1. The van der Waals surface area contributed by atoms with Crippen molar-refractivity contribution in [1.82, 2.24) is 0 Å². The summed E-state index contributed by atoms with van der Waals surface area (Å²) in [5.41, 5.74) is 0. The van der Waals surface area contributed by atoms with Gasteiger partial charge in [0.25, 0.3) is 0 Å². The predicted octanol–water partition coefficient (Wildman–Crippen LogP) is -1.04. The van der Waals surface area contributed by atoms with Crippen LogP contribution in [0, 0.1) is 0 Å². The average molecular weight is 293 g/mol. The Balaban J connectivity index is -0.00000000500. The first-order valence-corrected chi connectivity index (χ1v) is 1.21. The van der Waals surface area contributed by atoms with Gasteiger partial charge in [-0.1, -0.05) is 0 Å². The molecule has 0 heterocycles. The standard InChI is InChI=1S/O.Sn.Zn.Zr.2H. The molecular formula is H2OSnZnZr. The van der Waals surface area contributed by atoms with E-state index in [9.17, 15) is 0 Å². The SMILES string of the molecule is [O]=[Zr].[SnH2].[Zn]. The molecule has 0 aliphatic rings. The Labute approximate surface area is 69.9 Å². The minimum atomic E-state index is 0. The van der Waals surface area contributed by atoms with E-state index in [-0.39, 0.29) is 43.4 Å². The van der Waals surface area contributed by atoms with Gasteiger partial charge in [0.2, 0.25) is 0 Å². The Morgan fingerprint density at radius 1 is 1.25 bits per heavy atom. The van der Waals surface area contributed by atoms with Gasteiger partial charge < -0.3 is 0 Å². The van der Waals surface area contributed by atoms with Crippen LogP contribution in [0.4, 0.5) is 0 Å². The number of hydrogen-bond acceptors (Lipinski definition) is 1. The predicted molar refractivity (Wildman–Crippen MR) is 9.23 cm³/mol. The molecule has 0 saturated carbocycles. The molecule has 1 nitrogen and oxygen atoms in total. The first-order chi connectivity index (χ1) is 1.00. The smallest absolute Gasteiger partial charge is 0 e. The van der Waals surface area contributed by atoms with Crippen LogP contribution in [0.15, 0.2) is 0 Å². The van der Waals surface area contributed by atoms with Crippen LogP contribution in [0.3, 0.4) is 0 Å². The minimum Gasteiger partial charge on any atom is 0 e. The molecule has 4 heteroatoms. The largest absolute Gasteiger partial charge is 0 e. The van der Waals surface area contributed by atoms with Gasteiger partial charge >= 0.3 is 51.4 Å². The zero-order valence-corrected chi connectivity index (χ0v) is 11.8. The zero-order chi connectivity index (χ0) is 2.00. The first-order valence-electron chi connectivity index (χ1n) is 0.204. The van der Waals surface area contributed by atoms with Gasteiger partial charge in [-0.05, 0) is 0 Å². The van der Waals surface area contributed by atoms with E-state index in [1.165, 1.54) is 0 Å². The number of rotatable bonds is 0. The molecule has 0 aliphatic heterocycles. The molecule has 0 aliphatic carbocycles. The van der Waals surface area contributed by atoms with Gasteiger partial charge in [0.1, 0.15) is 0 Å². The third kappa shape index (κ3) is 8.93. The van der Waals surface area contributed by atoms with Crippen LogP contribution in [0.2, 0.25) is 0 Å². The van der Waals surface area contributed by atoms with Crippen LogP contribution >= 0.6 is 0 Å². The molecule has 0 N–H and O–H groups in total. The Bertz CT molecular complexity index is 8.00. The molecule has 4 heavy (non-hydrogen) atoms. The molecule has 0 bridgehead atoms. The van der Waals surface area contributed by atoms with Crippen LogP contribution in [0.25, 0.3) is 0 Å². The van der Waals surface area contributed by atoms with Crippen molar-refractivity contribution in [3.8, 4) is 0 Å². The summed E-state index contributed by atoms with van der Waals surface area (Å²) in [6.07, 6.45) is 0. The maximum Gasteiger partial charge on any atom is 0 e. The van der Waals surface area contributed by atoms with Crippen molar-refractivity contribution in [3.05, 3.63) is 0 Å². The first kappa shape index (κ1) is 16.5. The fourth-order valence-electron chi connectivity index (χ4n) is 0. The van der Waals surface area contributed by atoms with E-state index in [2.05, 4.69) is 0 Å². The quantitative estimate of drug-likeness (QED) is 0.522. The molecule has 0 aromatic rings.